The molecule has 0 amide bonds. The van der Waals surface area contributed by atoms with Crippen molar-refractivity contribution in [1.82, 2.24) is 0 Å². The molecule has 2 unspecified atom stereocenters. The van der Waals surface area contributed by atoms with Gasteiger partial charge < -0.3 is 9.53 Å². The fourth-order valence-electron chi connectivity index (χ4n) is 4.62. The lowest BCUT2D eigenvalue weighted by atomic mass is 9.48. The van der Waals surface area contributed by atoms with Gasteiger partial charge in [-0.1, -0.05) is 0 Å². The van der Waals surface area contributed by atoms with Gasteiger partial charge in [0.25, 0.3) is 0 Å². The van der Waals surface area contributed by atoms with Gasteiger partial charge >= 0.3 is 0 Å². The number of aldehydes is 1. The van der Waals surface area contributed by atoms with E-state index in [1.165, 1.54) is 25.5 Å². The second-order valence-electron chi connectivity index (χ2n) is 5.83. The van der Waals surface area contributed by atoms with E-state index < -0.39 is 0 Å². The van der Waals surface area contributed by atoms with Gasteiger partial charge in [-0.15, -0.1) is 0 Å². The summed E-state index contributed by atoms with van der Waals surface area (Å²) in [6, 6.07) is 0. The first-order valence-corrected chi connectivity index (χ1v) is 5.71. The highest BCUT2D eigenvalue weighted by Gasteiger charge is 2.58. The third-order valence-corrected chi connectivity index (χ3v) is 4.74. The molecule has 4 rings (SSSR count). The fraction of sp³-hybridized carbons (Fsp3) is 0.917. The van der Waals surface area contributed by atoms with Gasteiger partial charge in [-0.25, -0.2) is 0 Å². The predicted octanol–water partition coefficient (Wildman–Crippen LogP) is 2.17. The molecule has 0 aromatic carbocycles. The van der Waals surface area contributed by atoms with Crippen LogP contribution in [0.4, 0.5) is 0 Å². The van der Waals surface area contributed by atoms with Crippen LogP contribution in [-0.2, 0) is 9.53 Å². The van der Waals surface area contributed by atoms with E-state index in [9.17, 15) is 4.79 Å². The van der Waals surface area contributed by atoms with Crippen LogP contribution in [-0.4, -0.2) is 19.0 Å². The van der Waals surface area contributed by atoms with Crippen LogP contribution in [0.15, 0.2) is 0 Å². The minimum atomic E-state index is 0.0000926. The van der Waals surface area contributed by atoms with E-state index in [0.29, 0.717) is 0 Å². The van der Waals surface area contributed by atoms with Crippen molar-refractivity contribution in [2.24, 2.45) is 17.3 Å². The zero-order chi connectivity index (χ0) is 9.81. The highest BCUT2D eigenvalue weighted by Crippen LogP contribution is 2.61. The van der Waals surface area contributed by atoms with E-state index in [0.717, 1.165) is 31.1 Å². The van der Waals surface area contributed by atoms with Crippen LogP contribution in [0.1, 0.15) is 38.5 Å². The summed E-state index contributed by atoms with van der Waals surface area (Å²) in [6.45, 7) is 0. The van der Waals surface area contributed by atoms with Crippen molar-refractivity contribution in [3.05, 3.63) is 0 Å². The molecule has 78 valence electrons. The van der Waals surface area contributed by atoms with E-state index >= 15 is 0 Å². The maximum atomic E-state index is 11.3. The first-order valence-electron chi connectivity index (χ1n) is 5.71. The zero-order valence-electron chi connectivity index (χ0n) is 8.79. The summed E-state index contributed by atoms with van der Waals surface area (Å²) in [5.41, 5.74) is 0.0745. The van der Waals surface area contributed by atoms with Crippen molar-refractivity contribution in [1.29, 1.82) is 0 Å². The number of ether oxygens (including phenoxy) is 1. The Morgan fingerprint density at radius 1 is 1.21 bits per heavy atom. The van der Waals surface area contributed by atoms with Crippen LogP contribution in [0.25, 0.3) is 0 Å². The SMILES string of the molecule is COC12CC3CC(CC(C=O)(C3)C1)C2. The lowest BCUT2D eigenvalue weighted by Crippen LogP contribution is -2.56. The first-order chi connectivity index (χ1) is 6.69. The zero-order valence-corrected chi connectivity index (χ0v) is 8.79. The first kappa shape index (κ1) is 8.90. The molecule has 0 aromatic rings. The fourth-order valence-corrected chi connectivity index (χ4v) is 4.62. The molecule has 0 spiro atoms. The minimum absolute atomic E-state index is 0.0000926. The second-order valence-corrected chi connectivity index (χ2v) is 5.83. The van der Waals surface area contributed by atoms with Gasteiger partial charge in [0.2, 0.25) is 0 Å². The van der Waals surface area contributed by atoms with Gasteiger partial charge in [0.1, 0.15) is 6.29 Å². The Hall–Kier alpha value is -0.370. The molecule has 4 aliphatic rings. The normalized spacial score (nSPS) is 54.9. The van der Waals surface area contributed by atoms with Crippen molar-refractivity contribution >= 4 is 6.29 Å². The summed E-state index contributed by atoms with van der Waals surface area (Å²) in [7, 11) is 1.83. The summed E-state index contributed by atoms with van der Waals surface area (Å²) in [5, 5.41) is 0. The molecule has 4 bridgehead atoms. The molecule has 0 aliphatic heterocycles. The molecular formula is C12H18O2. The molecule has 0 heterocycles. The Bertz CT molecular complexity index is 257. The molecule has 4 aliphatic carbocycles. The highest BCUT2D eigenvalue weighted by molar-refractivity contribution is 5.61. The second kappa shape index (κ2) is 2.60. The summed E-state index contributed by atoms with van der Waals surface area (Å²) < 4.78 is 5.72. The standard InChI is InChI=1S/C12H18O2/c1-14-12-5-9-2-10(6-12)4-11(3-9,7-12)8-13/h8-10H,2-7H2,1H3. The Balaban J connectivity index is 1.97. The van der Waals surface area contributed by atoms with Crippen molar-refractivity contribution in [3.63, 3.8) is 0 Å². The molecular weight excluding hydrogens is 176 g/mol. The summed E-state index contributed by atoms with van der Waals surface area (Å²) in [5.74, 6) is 1.53. The Morgan fingerprint density at radius 3 is 2.36 bits per heavy atom. The monoisotopic (exact) mass is 194 g/mol. The number of carbonyl (C=O) groups excluding carboxylic acids is 1. The largest absolute Gasteiger partial charge is 0.378 e. The molecule has 2 atom stereocenters. The molecule has 0 radical (unpaired) electrons. The molecule has 0 saturated heterocycles. The van der Waals surface area contributed by atoms with Crippen LogP contribution >= 0.6 is 0 Å². The van der Waals surface area contributed by atoms with E-state index in [2.05, 4.69) is 0 Å². The maximum Gasteiger partial charge on any atom is 0.126 e. The Morgan fingerprint density at radius 2 is 1.86 bits per heavy atom. The van der Waals surface area contributed by atoms with Gasteiger partial charge in [-0.3, -0.25) is 0 Å². The number of methoxy groups -OCH3 is 1. The lowest BCUT2D eigenvalue weighted by molar-refractivity contribution is -0.179. The molecule has 14 heavy (non-hydrogen) atoms. The topological polar surface area (TPSA) is 26.3 Å². The van der Waals surface area contributed by atoms with E-state index in [-0.39, 0.29) is 11.0 Å². The van der Waals surface area contributed by atoms with Crippen LogP contribution < -0.4 is 0 Å². The number of rotatable bonds is 2. The summed E-state index contributed by atoms with van der Waals surface area (Å²) >= 11 is 0. The van der Waals surface area contributed by atoms with Gasteiger partial charge in [-0.05, 0) is 50.4 Å². The van der Waals surface area contributed by atoms with Crippen molar-refractivity contribution in [3.8, 4) is 0 Å². The third-order valence-electron chi connectivity index (χ3n) is 4.74. The predicted molar refractivity (Wildman–Crippen MR) is 52.9 cm³/mol. The average Bonchev–Trinajstić information content (AvgIpc) is 2.16. The molecule has 4 saturated carbocycles. The van der Waals surface area contributed by atoms with Crippen molar-refractivity contribution in [2.45, 2.75) is 44.1 Å². The molecule has 2 nitrogen and oxygen atoms in total. The maximum absolute atomic E-state index is 11.3. The quantitative estimate of drug-likeness (QED) is 0.630. The average molecular weight is 194 g/mol. The summed E-state index contributed by atoms with van der Waals surface area (Å²) in [6.07, 6.45) is 8.26. The van der Waals surface area contributed by atoms with Crippen molar-refractivity contribution in [2.75, 3.05) is 7.11 Å². The highest BCUT2D eigenvalue weighted by atomic mass is 16.5. The molecule has 4 fully saturated rings. The lowest BCUT2D eigenvalue weighted by Gasteiger charge is -2.59. The molecule has 2 heteroatoms. The molecule has 0 aromatic heterocycles. The summed E-state index contributed by atoms with van der Waals surface area (Å²) in [4.78, 5) is 11.3. The smallest absolute Gasteiger partial charge is 0.126 e. The van der Waals surface area contributed by atoms with Gasteiger partial charge in [0.05, 0.1) is 5.60 Å². The van der Waals surface area contributed by atoms with Crippen LogP contribution in [0.2, 0.25) is 0 Å². The Kier molecular flexibility index (Phi) is 1.65. The van der Waals surface area contributed by atoms with Gasteiger partial charge in [0, 0.05) is 12.5 Å². The van der Waals surface area contributed by atoms with Gasteiger partial charge in [0.15, 0.2) is 0 Å². The number of hydrogen-bond donors (Lipinski definition) is 0. The number of hydrogen-bond acceptors (Lipinski definition) is 2. The van der Waals surface area contributed by atoms with Crippen LogP contribution in [0.3, 0.4) is 0 Å². The van der Waals surface area contributed by atoms with Crippen molar-refractivity contribution < 1.29 is 9.53 Å². The Labute approximate surface area is 85.0 Å². The number of carbonyl (C=O) groups is 1. The minimum Gasteiger partial charge on any atom is -0.378 e. The van der Waals surface area contributed by atoms with Crippen LogP contribution in [0.5, 0.6) is 0 Å². The third kappa shape index (κ3) is 1.04. The molecule has 0 N–H and O–H groups in total. The van der Waals surface area contributed by atoms with Gasteiger partial charge in [-0.2, -0.15) is 0 Å². The van der Waals surface area contributed by atoms with Crippen LogP contribution in [0, 0.1) is 17.3 Å². The van der Waals surface area contributed by atoms with E-state index in [4.69, 9.17) is 4.74 Å². The van der Waals surface area contributed by atoms with E-state index in [1.54, 1.807) is 0 Å². The van der Waals surface area contributed by atoms with E-state index in [1.807, 2.05) is 7.11 Å².